The van der Waals surface area contributed by atoms with E-state index in [-0.39, 0.29) is 0 Å². The monoisotopic (exact) mass is 511 g/mol. The molecule has 5 rings (SSSR count). The van der Waals surface area contributed by atoms with E-state index in [1.54, 1.807) is 0 Å². The van der Waals surface area contributed by atoms with Crippen LogP contribution in [-0.4, -0.2) is 27.1 Å². The molecule has 0 spiro atoms. The number of hydrogen-bond acceptors (Lipinski definition) is 4. The topological polar surface area (TPSA) is 54.8 Å². The van der Waals surface area contributed by atoms with E-state index in [0.29, 0.717) is 12.0 Å². The van der Waals surface area contributed by atoms with Crippen LogP contribution in [0.15, 0.2) is 48.5 Å². The number of aromatic nitrogens is 3. The van der Waals surface area contributed by atoms with Crippen molar-refractivity contribution in [3.63, 3.8) is 0 Å². The van der Waals surface area contributed by atoms with Crippen molar-refractivity contribution in [1.82, 2.24) is 19.9 Å². The summed E-state index contributed by atoms with van der Waals surface area (Å²) in [6.07, 6.45) is 6.01. The number of aryl methyl sites for hydroxylation is 1. The Morgan fingerprint density at radius 3 is 2.42 bits per heavy atom. The van der Waals surface area contributed by atoms with E-state index < -0.39 is 0 Å². The van der Waals surface area contributed by atoms with E-state index in [0.717, 1.165) is 73.4 Å². The minimum atomic E-state index is 0.310. The Balaban J connectivity index is 1.45. The van der Waals surface area contributed by atoms with Crippen LogP contribution >= 0.6 is 0 Å². The number of unbranched alkanes of at least 4 members (excludes halogenated alkanes) is 1. The zero-order chi connectivity index (χ0) is 26.6. The van der Waals surface area contributed by atoms with Crippen LogP contribution in [0.4, 0.5) is 5.82 Å². The first-order chi connectivity index (χ1) is 18.4. The molecule has 5 nitrogen and oxygen atoms in total. The van der Waals surface area contributed by atoms with Gasteiger partial charge in [-0.15, -0.1) is 0 Å². The number of imidazole rings is 1. The molecule has 1 atom stereocenters. The Hall–Kier alpha value is -2.92. The first-order valence-corrected chi connectivity index (χ1v) is 14.8. The summed E-state index contributed by atoms with van der Waals surface area (Å²) >= 11 is 0. The van der Waals surface area contributed by atoms with Gasteiger partial charge in [0.2, 0.25) is 0 Å². The molecule has 4 aromatic rings. The number of para-hydroxylation sites is 1. The molecule has 1 saturated carbocycles. The summed E-state index contributed by atoms with van der Waals surface area (Å²) in [7, 11) is 0. The predicted molar refractivity (Wildman–Crippen MR) is 161 cm³/mol. The highest BCUT2D eigenvalue weighted by Gasteiger charge is 2.24. The molecule has 2 heterocycles. The average Bonchev–Trinajstić information content (AvgIpc) is 3.25. The molecular weight excluding hydrogens is 466 g/mol. The van der Waals surface area contributed by atoms with Gasteiger partial charge in [0.25, 0.3) is 0 Å². The van der Waals surface area contributed by atoms with Gasteiger partial charge in [-0.3, -0.25) is 0 Å². The standard InChI is InChI=1S/C33H45N5/c1-6-7-12-30-37-31-32(28-10-8-9-11-29(28)36-33(31)35-24(5)22(2)3)38(30)21-26-15-13-25(14-16-26)19-34-20-27-17-23(4)18-27/h8-11,13-16,22-24,27,34H,6-7,12,17-21H2,1-5H3,(H,35,36). The fourth-order valence-corrected chi connectivity index (χ4v) is 5.66. The van der Waals surface area contributed by atoms with E-state index in [1.807, 2.05) is 0 Å². The van der Waals surface area contributed by atoms with Crippen molar-refractivity contribution in [3.8, 4) is 0 Å². The van der Waals surface area contributed by atoms with Crippen LogP contribution in [0.1, 0.15) is 77.3 Å². The molecule has 5 heteroatoms. The van der Waals surface area contributed by atoms with Gasteiger partial charge in [-0.25, -0.2) is 9.97 Å². The normalized spacial score (nSPS) is 18.3. The zero-order valence-electron chi connectivity index (χ0n) is 23.9. The molecular formula is C33H45N5. The number of benzene rings is 2. The number of rotatable bonds is 12. The van der Waals surface area contributed by atoms with Crippen LogP contribution < -0.4 is 10.6 Å². The lowest BCUT2D eigenvalue weighted by Crippen LogP contribution is -2.31. The Bertz CT molecular complexity index is 1350. The van der Waals surface area contributed by atoms with Gasteiger partial charge in [0.1, 0.15) is 11.3 Å². The predicted octanol–water partition coefficient (Wildman–Crippen LogP) is 7.57. The lowest BCUT2D eigenvalue weighted by molar-refractivity contribution is 0.206. The highest BCUT2D eigenvalue weighted by molar-refractivity contribution is 6.07. The molecule has 38 heavy (non-hydrogen) atoms. The van der Waals surface area contributed by atoms with Gasteiger partial charge < -0.3 is 15.2 Å². The quantitative estimate of drug-likeness (QED) is 0.206. The second-order valence-corrected chi connectivity index (χ2v) is 12.0. The summed E-state index contributed by atoms with van der Waals surface area (Å²) < 4.78 is 2.45. The summed E-state index contributed by atoms with van der Waals surface area (Å²) in [5, 5.41) is 8.53. The molecule has 2 N–H and O–H groups in total. The smallest absolute Gasteiger partial charge is 0.155 e. The fraction of sp³-hybridized carbons (Fsp3) is 0.515. The molecule has 0 radical (unpaired) electrons. The fourth-order valence-electron chi connectivity index (χ4n) is 5.66. The Morgan fingerprint density at radius 1 is 0.974 bits per heavy atom. The van der Waals surface area contributed by atoms with Crippen LogP contribution in [0.2, 0.25) is 0 Å². The van der Waals surface area contributed by atoms with E-state index in [4.69, 9.17) is 9.97 Å². The van der Waals surface area contributed by atoms with Crippen LogP contribution in [-0.2, 0) is 19.5 Å². The molecule has 202 valence electrons. The van der Waals surface area contributed by atoms with Crippen molar-refractivity contribution >= 4 is 27.8 Å². The van der Waals surface area contributed by atoms with Crippen LogP contribution in [0.3, 0.4) is 0 Å². The maximum absolute atomic E-state index is 5.23. The Morgan fingerprint density at radius 2 is 1.71 bits per heavy atom. The molecule has 0 amide bonds. The number of fused-ring (bicyclic) bond motifs is 3. The van der Waals surface area contributed by atoms with Crippen molar-refractivity contribution in [2.24, 2.45) is 17.8 Å². The summed E-state index contributed by atoms with van der Waals surface area (Å²) in [5.41, 5.74) is 5.87. The summed E-state index contributed by atoms with van der Waals surface area (Å²) in [6, 6.07) is 18.0. The number of nitrogens with one attached hydrogen (secondary N) is 2. The first kappa shape index (κ1) is 26.7. The number of anilines is 1. The molecule has 0 aliphatic heterocycles. The molecule has 0 bridgehead atoms. The molecule has 2 aromatic carbocycles. The van der Waals surface area contributed by atoms with Gasteiger partial charge in [-0.1, -0.05) is 76.6 Å². The second kappa shape index (κ2) is 11.9. The van der Waals surface area contributed by atoms with Crippen LogP contribution in [0, 0.1) is 17.8 Å². The molecule has 1 unspecified atom stereocenters. The van der Waals surface area contributed by atoms with Gasteiger partial charge in [-0.2, -0.15) is 0 Å². The summed E-state index contributed by atoms with van der Waals surface area (Å²) in [6.45, 7) is 14.2. The van der Waals surface area contributed by atoms with Crippen molar-refractivity contribution in [2.45, 2.75) is 85.9 Å². The second-order valence-electron chi connectivity index (χ2n) is 12.0. The highest BCUT2D eigenvalue weighted by Crippen LogP contribution is 2.33. The number of hydrogen-bond donors (Lipinski definition) is 2. The van der Waals surface area contributed by atoms with Gasteiger partial charge in [0.15, 0.2) is 5.82 Å². The lowest BCUT2D eigenvalue weighted by Gasteiger charge is -2.32. The third-order valence-electron chi connectivity index (χ3n) is 8.38. The van der Waals surface area contributed by atoms with Crippen LogP contribution in [0.5, 0.6) is 0 Å². The van der Waals surface area contributed by atoms with E-state index in [9.17, 15) is 0 Å². The molecule has 0 saturated heterocycles. The van der Waals surface area contributed by atoms with E-state index >= 15 is 0 Å². The summed E-state index contributed by atoms with van der Waals surface area (Å²) in [5.74, 6) is 4.35. The maximum Gasteiger partial charge on any atom is 0.155 e. The SMILES string of the molecule is CCCCc1nc2c(NC(C)C(C)C)nc3ccccc3c2n1Cc1ccc(CNCC2CC(C)C2)cc1. The maximum atomic E-state index is 5.23. The Labute approximate surface area is 228 Å². The molecule has 1 aliphatic carbocycles. The average molecular weight is 512 g/mol. The van der Waals surface area contributed by atoms with Crippen molar-refractivity contribution in [3.05, 3.63) is 65.5 Å². The van der Waals surface area contributed by atoms with Crippen molar-refractivity contribution < 1.29 is 0 Å². The largest absolute Gasteiger partial charge is 0.365 e. The number of pyridine rings is 1. The first-order valence-electron chi connectivity index (χ1n) is 14.8. The summed E-state index contributed by atoms with van der Waals surface area (Å²) in [4.78, 5) is 10.3. The Kier molecular flexibility index (Phi) is 8.32. The van der Waals surface area contributed by atoms with Crippen molar-refractivity contribution in [1.29, 1.82) is 0 Å². The lowest BCUT2D eigenvalue weighted by atomic mass is 9.76. The molecule has 1 aliphatic rings. The highest BCUT2D eigenvalue weighted by atomic mass is 15.1. The van der Waals surface area contributed by atoms with Gasteiger partial charge in [0, 0.05) is 30.9 Å². The number of nitrogens with zero attached hydrogens (tertiary/aromatic N) is 3. The van der Waals surface area contributed by atoms with Gasteiger partial charge >= 0.3 is 0 Å². The van der Waals surface area contributed by atoms with Gasteiger partial charge in [-0.05, 0) is 67.7 Å². The minimum Gasteiger partial charge on any atom is -0.365 e. The molecule has 1 fully saturated rings. The van der Waals surface area contributed by atoms with E-state index in [2.05, 4.69) is 98.4 Å². The third kappa shape index (κ3) is 5.88. The minimum absolute atomic E-state index is 0.310. The van der Waals surface area contributed by atoms with E-state index in [1.165, 1.54) is 34.9 Å². The zero-order valence-corrected chi connectivity index (χ0v) is 23.9. The van der Waals surface area contributed by atoms with Gasteiger partial charge in [0.05, 0.1) is 11.0 Å². The van der Waals surface area contributed by atoms with Crippen LogP contribution in [0.25, 0.3) is 21.9 Å². The molecule has 2 aromatic heterocycles. The third-order valence-corrected chi connectivity index (χ3v) is 8.38. The van der Waals surface area contributed by atoms with Crippen molar-refractivity contribution in [2.75, 3.05) is 11.9 Å².